The van der Waals surface area contributed by atoms with Crippen molar-refractivity contribution < 1.29 is 9.53 Å². The Morgan fingerprint density at radius 3 is 3.05 bits per heavy atom. The van der Waals surface area contributed by atoms with Gasteiger partial charge in [0.25, 0.3) is 0 Å². The van der Waals surface area contributed by atoms with Gasteiger partial charge in [-0.25, -0.2) is 0 Å². The van der Waals surface area contributed by atoms with Crippen LogP contribution in [-0.4, -0.2) is 38.3 Å². The lowest BCUT2D eigenvalue weighted by atomic mass is 10.1. The fourth-order valence-corrected chi connectivity index (χ4v) is 2.56. The average molecular weight is 298 g/mol. The summed E-state index contributed by atoms with van der Waals surface area (Å²) in [7, 11) is 0. The Hall–Kier alpha value is -1.46. The van der Waals surface area contributed by atoms with Crippen LogP contribution >= 0.6 is 11.6 Å². The van der Waals surface area contributed by atoms with Crippen LogP contribution in [0.5, 0.6) is 0 Å². The number of aryl methyl sites for hydroxylation is 1. The SMILES string of the molecule is CCNC(=O)C1COCCN1c1cc(Cl)c(N)cc1C. The van der Waals surface area contributed by atoms with Crippen LogP contribution in [0.25, 0.3) is 0 Å². The van der Waals surface area contributed by atoms with Crippen molar-refractivity contribution in [2.75, 3.05) is 36.9 Å². The number of ether oxygens (including phenoxy) is 1. The number of nitrogens with two attached hydrogens (primary N) is 1. The largest absolute Gasteiger partial charge is 0.398 e. The molecule has 0 bridgehead atoms. The van der Waals surface area contributed by atoms with E-state index in [2.05, 4.69) is 5.32 Å². The lowest BCUT2D eigenvalue weighted by Crippen LogP contribution is -2.54. The Bertz CT molecular complexity index is 507. The number of hydrogen-bond donors (Lipinski definition) is 2. The quantitative estimate of drug-likeness (QED) is 0.831. The number of benzene rings is 1. The molecule has 1 aromatic rings. The summed E-state index contributed by atoms with van der Waals surface area (Å²) in [6, 6.07) is 3.33. The molecule has 110 valence electrons. The summed E-state index contributed by atoms with van der Waals surface area (Å²) >= 11 is 6.11. The molecule has 0 aliphatic carbocycles. The maximum absolute atomic E-state index is 12.2. The number of likely N-dealkylation sites (N-methyl/N-ethyl adjacent to an activating group) is 1. The fraction of sp³-hybridized carbons (Fsp3) is 0.500. The molecule has 3 N–H and O–H groups in total. The molecule has 20 heavy (non-hydrogen) atoms. The number of amides is 1. The highest BCUT2D eigenvalue weighted by molar-refractivity contribution is 6.33. The van der Waals surface area contributed by atoms with Gasteiger partial charge in [0.1, 0.15) is 6.04 Å². The van der Waals surface area contributed by atoms with E-state index >= 15 is 0 Å². The molecule has 1 atom stereocenters. The van der Waals surface area contributed by atoms with E-state index in [9.17, 15) is 4.79 Å². The number of nitrogens with zero attached hydrogens (tertiary/aromatic N) is 1. The van der Waals surface area contributed by atoms with E-state index in [1.165, 1.54) is 0 Å². The topological polar surface area (TPSA) is 67.6 Å². The number of anilines is 2. The maximum Gasteiger partial charge on any atom is 0.245 e. The van der Waals surface area contributed by atoms with Crippen molar-refractivity contribution in [3.8, 4) is 0 Å². The summed E-state index contributed by atoms with van der Waals surface area (Å²) in [5, 5.41) is 3.35. The molecule has 1 heterocycles. The molecule has 1 unspecified atom stereocenters. The van der Waals surface area contributed by atoms with Crippen LogP contribution in [0, 0.1) is 6.92 Å². The van der Waals surface area contributed by atoms with Crippen LogP contribution in [0.3, 0.4) is 0 Å². The Kier molecular flexibility index (Phi) is 4.73. The van der Waals surface area contributed by atoms with Gasteiger partial charge in [-0.2, -0.15) is 0 Å². The average Bonchev–Trinajstić information content (AvgIpc) is 2.43. The molecule has 2 rings (SSSR count). The fourth-order valence-electron chi connectivity index (χ4n) is 2.40. The highest BCUT2D eigenvalue weighted by Gasteiger charge is 2.30. The number of halogens is 1. The molecule has 1 amide bonds. The maximum atomic E-state index is 12.2. The summed E-state index contributed by atoms with van der Waals surface area (Å²) in [4.78, 5) is 14.2. The first-order chi connectivity index (χ1) is 9.54. The van der Waals surface area contributed by atoms with Gasteiger partial charge in [-0.3, -0.25) is 4.79 Å². The van der Waals surface area contributed by atoms with E-state index in [-0.39, 0.29) is 11.9 Å². The first-order valence-electron chi connectivity index (χ1n) is 6.72. The van der Waals surface area contributed by atoms with Crippen molar-refractivity contribution in [2.45, 2.75) is 19.9 Å². The van der Waals surface area contributed by atoms with E-state index in [1.807, 2.05) is 30.9 Å². The van der Waals surface area contributed by atoms with Crippen molar-refractivity contribution in [1.82, 2.24) is 5.32 Å². The summed E-state index contributed by atoms with van der Waals surface area (Å²) in [5.74, 6) is -0.0282. The molecule has 0 aromatic heterocycles. The number of carbonyl (C=O) groups excluding carboxylic acids is 1. The van der Waals surface area contributed by atoms with Gasteiger partial charge in [-0.1, -0.05) is 11.6 Å². The summed E-state index contributed by atoms with van der Waals surface area (Å²) < 4.78 is 5.43. The highest BCUT2D eigenvalue weighted by atomic mass is 35.5. The van der Waals surface area contributed by atoms with Crippen molar-refractivity contribution in [3.63, 3.8) is 0 Å². The number of carbonyl (C=O) groups is 1. The zero-order valence-corrected chi connectivity index (χ0v) is 12.5. The van der Waals surface area contributed by atoms with Gasteiger partial charge >= 0.3 is 0 Å². The predicted octanol–water partition coefficient (Wildman–Crippen LogP) is 1.57. The molecule has 1 aliphatic heterocycles. The molecule has 5 nitrogen and oxygen atoms in total. The second-order valence-electron chi connectivity index (χ2n) is 4.84. The van der Waals surface area contributed by atoms with Crippen molar-refractivity contribution in [2.24, 2.45) is 0 Å². The van der Waals surface area contributed by atoms with Gasteiger partial charge in [-0.05, 0) is 31.5 Å². The standard InChI is InChI=1S/C14H20ClN3O2/c1-3-17-14(19)13-8-20-5-4-18(13)12-7-10(15)11(16)6-9(12)2/h6-7,13H,3-5,8,16H2,1-2H3,(H,17,19). The first kappa shape index (κ1) is 14.9. The monoisotopic (exact) mass is 297 g/mol. The van der Waals surface area contributed by atoms with Gasteiger partial charge < -0.3 is 20.7 Å². The van der Waals surface area contributed by atoms with Crippen LogP contribution in [-0.2, 0) is 9.53 Å². The Balaban J connectivity index is 2.32. The highest BCUT2D eigenvalue weighted by Crippen LogP contribution is 2.31. The van der Waals surface area contributed by atoms with E-state index in [1.54, 1.807) is 0 Å². The van der Waals surface area contributed by atoms with Gasteiger partial charge in [0.15, 0.2) is 0 Å². The van der Waals surface area contributed by atoms with Gasteiger partial charge in [0.05, 0.1) is 23.9 Å². The zero-order valence-electron chi connectivity index (χ0n) is 11.8. The van der Waals surface area contributed by atoms with Crippen LogP contribution in [0.1, 0.15) is 12.5 Å². The normalized spacial score (nSPS) is 18.9. The Labute approximate surface area is 124 Å². The van der Waals surface area contributed by atoms with E-state index in [4.69, 9.17) is 22.1 Å². The minimum Gasteiger partial charge on any atom is -0.398 e. The van der Waals surface area contributed by atoms with E-state index in [0.29, 0.717) is 37.0 Å². The third-order valence-corrected chi connectivity index (χ3v) is 3.73. The molecule has 0 saturated carbocycles. The van der Waals surface area contributed by atoms with Gasteiger partial charge in [0, 0.05) is 18.8 Å². The molecule has 6 heteroatoms. The molecular weight excluding hydrogens is 278 g/mol. The van der Waals surface area contributed by atoms with Crippen molar-refractivity contribution >= 4 is 28.9 Å². The van der Waals surface area contributed by atoms with Crippen LogP contribution in [0.15, 0.2) is 12.1 Å². The number of hydrogen-bond acceptors (Lipinski definition) is 4. The Morgan fingerprint density at radius 1 is 1.60 bits per heavy atom. The number of nitrogen functional groups attached to an aromatic ring is 1. The van der Waals surface area contributed by atoms with Crippen LogP contribution < -0.4 is 16.0 Å². The third-order valence-electron chi connectivity index (χ3n) is 3.41. The molecule has 0 spiro atoms. The van der Waals surface area contributed by atoms with Gasteiger partial charge in [-0.15, -0.1) is 0 Å². The second-order valence-corrected chi connectivity index (χ2v) is 5.25. The summed E-state index contributed by atoms with van der Waals surface area (Å²) in [5.41, 5.74) is 8.30. The minimum atomic E-state index is -0.331. The molecule has 1 aliphatic rings. The Morgan fingerprint density at radius 2 is 2.35 bits per heavy atom. The van der Waals surface area contributed by atoms with Crippen LogP contribution in [0.2, 0.25) is 5.02 Å². The number of rotatable bonds is 3. The molecule has 1 aromatic carbocycles. The zero-order chi connectivity index (χ0) is 14.7. The third kappa shape index (κ3) is 2.99. The minimum absolute atomic E-state index is 0.0282. The van der Waals surface area contributed by atoms with E-state index < -0.39 is 0 Å². The van der Waals surface area contributed by atoms with Crippen molar-refractivity contribution in [3.05, 3.63) is 22.7 Å². The molecule has 0 radical (unpaired) electrons. The van der Waals surface area contributed by atoms with Gasteiger partial charge in [0.2, 0.25) is 5.91 Å². The predicted molar refractivity (Wildman–Crippen MR) is 81.2 cm³/mol. The molecular formula is C14H20ClN3O2. The van der Waals surface area contributed by atoms with Crippen molar-refractivity contribution in [1.29, 1.82) is 0 Å². The lowest BCUT2D eigenvalue weighted by molar-refractivity contribution is -0.124. The summed E-state index contributed by atoms with van der Waals surface area (Å²) in [6.45, 7) is 6.10. The second kappa shape index (κ2) is 6.33. The van der Waals surface area contributed by atoms with Crippen LogP contribution in [0.4, 0.5) is 11.4 Å². The number of morpholine rings is 1. The first-order valence-corrected chi connectivity index (χ1v) is 7.10. The molecule has 1 fully saturated rings. The number of nitrogens with one attached hydrogen (secondary N) is 1. The van der Waals surface area contributed by atoms with E-state index in [0.717, 1.165) is 11.3 Å². The smallest absolute Gasteiger partial charge is 0.245 e. The molecule has 1 saturated heterocycles. The summed E-state index contributed by atoms with van der Waals surface area (Å²) in [6.07, 6.45) is 0. The lowest BCUT2D eigenvalue weighted by Gasteiger charge is -2.37.